The largest absolute Gasteiger partial charge is 0.503 e. The molecule has 0 fully saturated rings. The molecule has 0 saturated heterocycles. The van der Waals surface area contributed by atoms with Crippen LogP contribution in [-0.2, 0) is 0 Å². The second-order valence-electron chi connectivity index (χ2n) is 3.91. The molecular formula is C12H9N5O2. The van der Waals surface area contributed by atoms with Gasteiger partial charge in [-0.05, 0) is 28.1 Å². The van der Waals surface area contributed by atoms with E-state index in [1.165, 1.54) is 6.07 Å². The molecule has 0 aliphatic rings. The molecule has 1 aromatic carbocycles. The number of hydrogen-bond acceptors (Lipinski definition) is 5. The Labute approximate surface area is 106 Å². The number of pyridine rings is 1. The van der Waals surface area contributed by atoms with Crippen molar-refractivity contribution in [2.75, 3.05) is 0 Å². The van der Waals surface area contributed by atoms with Crippen molar-refractivity contribution in [2.45, 2.75) is 0 Å². The molecule has 0 aliphatic heterocycles. The summed E-state index contributed by atoms with van der Waals surface area (Å²) in [5, 5.41) is 22.7. The van der Waals surface area contributed by atoms with E-state index in [0.717, 1.165) is 11.1 Å². The highest BCUT2D eigenvalue weighted by Gasteiger charge is 2.04. The van der Waals surface area contributed by atoms with Gasteiger partial charge in [0.25, 0.3) is 5.56 Å². The number of nitrogens with zero attached hydrogens (tertiary/aromatic N) is 3. The molecule has 3 rings (SSSR count). The van der Waals surface area contributed by atoms with Gasteiger partial charge in [-0.1, -0.05) is 24.3 Å². The van der Waals surface area contributed by atoms with E-state index in [4.69, 9.17) is 0 Å². The second-order valence-corrected chi connectivity index (χ2v) is 3.91. The molecule has 0 amide bonds. The van der Waals surface area contributed by atoms with Crippen LogP contribution in [0.3, 0.4) is 0 Å². The molecule has 3 aromatic rings. The number of hydrogen-bond donors (Lipinski definition) is 3. The summed E-state index contributed by atoms with van der Waals surface area (Å²) in [5.74, 6) is 0.277. The predicted molar refractivity (Wildman–Crippen MR) is 67.3 cm³/mol. The van der Waals surface area contributed by atoms with E-state index in [9.17, 15) is 9.90 Å². The smallest absolute Gasteiger partial charge is 0.290 e. The summed E-state index contributed by atoms with van der Waals surface area (Å²) in [6, 6.07) is 10.3. The van der Waals surface area contributed by atoms with E-state index < -0.39 is 5.56 Å². The molecule has 2 aromatic heterocycles. The Morgan fingerprint density at radius 1 is 1.00 bits per heavy atom. The number of aromatic nitrogens is 5. The van der Waals surface area contributed by atoms with E-state index >= 15 is 0 Å². The first kappa shape index (κ1) is 11.1. The minimum absolute atomic E-state index is 0.298. The number of rotatable bonds is 2. The Kier molecular flexibility index (Phi) is 2.57. The van der Waals surface area contributed by atoms with Crippen LogP contribution >= 0.6 is 0 Å². The van der Waals surface area contributed by atoms with E-state index in [1.54, 1.807) is 6.07 Å². The van der Waals surface area contributed by atoms with Crippen LogP contribution in [0, 0.1) is 0 Å². The fraction of sp³-hybridized carbons (Fsp3) is 0. The Morgan fingerprint density at radius 2 is 1.74 bits per heavy atom. The summed E-state index contributed by atoms with van der Waals surface area (Å²) in [4.78, 5) is 13.9. The minimum Gasteiger partial charge on any atom is -0.503 e. The third-order valence-corrected chi connectivity index (χ3v) is 2.70. The van der Waals surface area contributed by atoms with Gasteiger partial charge in [0.2, 0.25) is 0 Å². The van der Waals surface area contributed by atoms with Crippen LogP contribution in [0.5, 0.6) is 5.75 Å². The van der Waals surface area contributed by atoms with Crippen LogP contribution in [0.2, 0.25) is 0 Å². The quantitative estimate of drug-likeness (QED) is 0.631. The van der Waals surface area contributed by atoms with Crippen LogP contribution in [0.4, 0.5) is 0 Å². The Morgan fingerprint density at radius 3 is 2.37 bits per heavy atom. The molecule has 94 valence electrons. The molecule has 2 heterocycles. The highest BCUT2D eigenvalue weighted by Crippen LogP contribution is 2.20. The summed E-state index contributed by atoms with van der Waals surface area (Å²) in [5.41, 5.74) is 1.79. The molecule has 7 nitrogen and oxygen atoms in total. The van der Waals surface area contributed by atoms with Crippen molar-refractivity contribution in [2.24, 2.45) is 0 Å². The van der Waals surface area contributed by atoms with Crippen molar-refractivity contribution in [3.05, 3.63) is 46.8 Å². The predicted octanol–water partition coefficient (Wildman–Crippen LogP) is 0.928. The summed E-state index contributed by atoms with van der Waals surface area (Å²) in [6.07, 6.45) is 0. The molecule has 0 saturated carbocycles. The number of H-pyrrole nitrogens is 2. The second kappa shape index (κ2) is 4.37. The normalized spacial score (nSPS) is 10.5. The molecule has 0 aliphatic carbocycles. The maximum atomic E-state index is 11.3. The van der Waals surface area contributed by atoms with Gasteiger partial charge in [0.1, 0.15) is 0 Å². The zero-order valence-electron chi connectivity index (χ0n) is 9.66. The summed E-state index contributed by atoms with van der Waals surface area (Å²) >= 11 is 0. The van der Waals surface area contributed by atoms with Gasteiger partial charge in [-0.3, -0.25) is 4.79 Å². The van der Waals surface area contributed by atoms with Crippen LogP contribution < -0.4 is 5.56 Å². The average Bonchev–Trinajstić information content (AvgIpc) is 2.96. The zero-order chi connectivity index (χ0) is 13.2. The van der Waals surface area contributed by atoms with E-state index in [1.807, 2.05) is 24.3 Å². The van der Waals surface area contributed by atoms with Gasteiger partial charge in [0.05, 0.1) is 0 Å². The highest BCUT2D eigenvalue weighted by molar-refractivity contribution is 5.64. The minimum atomic E-state index is -0.513. The molecule has 3 N–H and O–H groups in total. The molecule has 0 atom stereocenters. The van der Waals surface area contributed by atoms with Crippen molar-refractivity contribution in [3.8, 4) is 28.4 Å². The van der Waals surface area contributed by atoms with Gasteiger partial charge in [-0.25, -0.2) is 5.10 Å². The van der Waals surface area contributed by atoms with Gasteiger partial charge >= 0.3 is 0 Å². The van der Waals surface area contributed by atoms with Gasteiger partial charge in [-0.15, -0.1) is 5.10 Å². The van der Waals surface area contributed by atoms with Gasteiger partial charge in [0, 0.05) is 11.3 Å². The standard InChI is InChI=1S/C12H9N5O2/c18-10-6-5-9(13-12(10)19)7-1-3-8(4-2-7)11-14-16-17-15-11/h1-6,18H,(H,13,19)(H,14,15,16,17). The maximum absolute atomic E-state index is 11.3. The lowest BCUT2D eigenvalue weighted by Crippen LogP contribution is -2.05. The molecule has 0 unspecified atom stereocenters. The molecule has 0 bridgehead atoms. The zero-order valence-corrected chi connectivity index (χ0v) is 9.66. The van der Waals surface area contributed by atoms with Gasteiger partial charge in [0.15, 0.2) is 11.6 Å². The fourth-order valence-electron chi connectivity index (χ4n) is 1.72. The van der Waals surface area contributed by atoms with Crippen molar-refractivity contribution in [1.82, 2.24) is 25.6 Å². The first-order valence-electron chi connectivity index (χ1n) is 5.51. The third kappa shape index (κ3) is 2.08. The van der Waals surface area contributed by atoms with Crippen LogP contribution in [0.1, 0.15) is 0 Å². The SMILES string of the molecule is O=c1[nH]c(-c2ccc(-c3nnn[nH]3)cc2)ccc1O. The number of benzene rings is 1. The van der Waals surface area contributed by atoms with Crippen molar-refractivity contribution < 1.29 is 5.11 Å². The fourth-order valence-corrected chi connectivity index (χ4v) is 1.72. The summed E-state index contributed by atoms with van der Waals surface area (Å²) < 4.78 is 0. The van der Waals surface area contributed by atoms with Crippen molar-refractivity contribution in [3.63, 3.8) is 0 Å². The molecule has 0 spiro atoms. The maximum Gasteiger partial charge on any atom is 0.290 e. The van der Waals surface area contributed by atoms with Crippen LogP contribution in [0.15, 0.2) is 41.2 Å². The average molecular weight is 255 g/mol. The van der Waals surface area contributed by atoms with Crippen molar-refractivity contribution in [1.29, 1.82) is 0 Å². The van der Waals surface area contributed by atoms with E-state index in [-0.39, 0.29) is 5.75 Å². The summed E-state index contributed by atoms with van der Waals surface area (Å²) in [7, 11) is 0. The lowest BCUT2D eigenvalue weighted by Gasteiger charge is -2.02. The Hall–Kier alpha value is -2.96. The van der Waals surface area contributed by atoms with Crippen molar-refractivity contribution >= 4 is 0 Å². The lowest BCUT2D eigenvalue weighted by molar-refractivity contribution is 0.467. The molecular weight excluding hydrogens is 246 g/mol. The number of aromatic hydroxyl groups is 1. The van der Waals surface area contributed by atoms with Gasteiger partial charge < -0.3 is 10.1 Å². The molecule has 7 heteroatoms. The topological polar surface area (TPSA) is 108 Å². The van der Waals surface area contributed by atoms with Crippen LogP contribution in [0.25, 0.3) is 22.6 Å². The Balaban J connectivity index is 1.98. The highest BCUT2D eigenvalue weighted by atomic mass is 16.3. The number of tetrazole rings is 1. The van der Waals surface area contributed by atoms with E-state index in [2.05, 4.69) is 25.6 Å². The van der Waals surface area contributed by atoms with E-state index in [0.29, 0.717) is 11.5 Å². The number of aromatic amines is 2. The van der Waals surface area contributed by atoms with Crippen LogP contribution in [-0.4, -0.2) is 30.7 Å². The molecule has 0 radical (unpaired) electrons. The van der Waals surface area contributed by atoms with Gasteiger partial charge in [-0.2, -0.15) is 0 Å². The lowest BCUT2D eigenvalue weighted by atomic mass is 10.1. The number of nitrogens with one attached hydrogen (secondary N) is 2. The molecule has 19 heavy (non-hydrogen) atoms. The first-order chi connectivity index (χ1) is 9.24. The third-order valence-electron chi connectivity index (χ3n) is 2.70. The first-order valence-corrected chi connectivity index (χ1v) is 5.51. The Bertz CT molecular complexity index is 747. The summed E-state index contributed by atoms with van der Waals surface area (Å²) in [6.45, 7) is 0. The monoisotopic (exact) mass is 255 g/mol.